The number of esters is 1. The average molecular weight is 908 g/mol. The van der Waals surface area contributed by atoms with E-state index in [1.165, 1.54) is 24.0 Å². The fourth-order valence-corrected chi connectivity index (χ4v) is 6.33. The Bertz CT molecular complexity index is 1910. The Kier molecular flexibility index (Phi) is 27.6. The van der Waals surface area contributed by atoms with E-state index in [4.69, 9.17) is 25.8 Å². The summed E-state index contributed by atoms with van der Waals surface area (Å²) in [4.78, 5) is 74.4. The van der Waals surface area contributed by atoms with E-state index >= 15 is 0 Å². The highest BCUT2D eigenvalue weighted by molar-refractivity contribution is 7.13. The number of hydrogen-bond acceptors (Lipinski definition) is 15. The highest BCUT2D eigenvalue weighted by atomic mass is 32.1. The number of piperazine rings is 1. The average Bonchev–Trinajstić information content (AvgIpc) is 3.99. The standard InChI is InChI=1S/C32H39F2N9O4S.C4H6O4.C2H6O.2C2H6/c1-41-11-13-42(14-12-41)15-16-47-28(45)10-9-27(44)43-19-21(17-37-43)32-39-25(20-48-32)31(46)38-24(18-36-22-5-3-2-4-6-22)29(35)30-23(33)7-8-26(34)40-30;5-3(6)1-2-4(7)8;1-2-3;2*1-2/h7-8,17-20,22H,2-6,9-16,35H2,1H3,(H,38,46);1-2H2,(H,5,6)(H,7,8);3H,2H2,1H3;2*1-2H3/b29-24+,36-18?;;;;. The molecule has 5 rings (SSSR count). The van der Waals surface area contributed by atoms with Crippen LogP contribution in [-0.2, 0) is 19.1 Å². The van der Waals surface area contributed by atoms with Crippen molar-refractivity contribution in [3.05, 3.63) is 58.8 Å². The van der Waals surface area contributed by atoms with Gasteiger partial charge in [-0.25, -0.2) is 19.0 Å². The molecule has 350 valence electrons. The van der Waals surface area contributed by atoms with Crippen molar-refractivity contribution in [1.29, 1.82) is 0 Å². The molecule has 2 aliphatic rings. The lowest BCUT2D eigenvalue weighted by molar-refractivity contribution is -0.144. The molecule has 1 amide bonds. The van der Waals surface area contributed by atoms with E-state index < -0.39 is 47.2 Å². The zero-order chi connectivity index (χ0) is 47.3. The topological polar surface area (TPSA) is 256 Å². The van der Waals surface area contributed by atoms with E-state index in [0.717, 1.165) is 86.4 Å². The predicted molar refractivity (Wildman–Crippen MR) is 236 cm³/mol. The van der Waals surface area contributed by atoms with Crippen molar-refractivity contribution in [3.63, 3.8) is 0 Å². The van der Waals surface area contributed by atoms with Crippen molar-refractivity contribution in [1.82, 2.24) is 34.9 Å². The molecular weight excluding hydrogens is 845 g/mol. The number of aliphatic carboxylic acids is 2. The zero-order valence-corrected chi connectivity index (χ0v) is 37.8. The van der Waals surface area contributed by atoms with Crippen LogP contribution in [0.2, 0.25) is 0 Å². The van der Waals surface area contributed by atoms with Gasteiger partial charge in [-0.2, -0.15) is 9.49 Å². The van der Waals surface area contributed by atoms with Crippen molar-refractivity contribution in [2.75, 3.05) is 53.0 Å². The van der Waals surface area contributed by atoms with Gasteiger partial charge < -0.3 is 36.0 Å². The van der Waals surface area contributed by atoms with Crippen LogP contribution in [0.4, 0.5) is 8.78 Å². The first-order valence-electron chi connectivity index (χ1n) is 21.0. The van der Waals surface area contributed by atoms with Crippen LogP contribution in [0.1, 0.15) is 113 Å². The van der Waals surface area contributed by atoms with Gasteiger partial charge in [0.25, 0.3) is 5.91 Å². The third kappa shape index (κ3) is 21.4. The number of ether oxygens (including phenoxy) is 1. The highest BCUT2D eigenvalue weighted by Crippen LogP contribution is 2.24. The summed E-state index contributed by atoms with van der Waals surface area (Å²) in [6, 6.07) is 1.80. The summed E-state index contributed by atoms with van der Waals surface area (Å²) < 4.78 is 34.8. The van der Waals surface area contributed by atoms with E-state index in [-0.39, 0.29) is 62.0 Å². The van der Waals surface area contributed by atoms with Crippen molar-refractivity contribution < 1.29 is 52.8 Å². The molecule has 63 heavy (non-hydrogen) atoms. The van der Waals surface area contributed by atoms with Gasteiger partial charge in [-0.15, -0.1) is 11.3 Å². The van der Waals surface area contributed by atoms with E-state index in [0.29, 0.717) is 17.1 Å². The summed E-state index contributed by atoms with van der Waals surface area (Å²) >= 11 is 1.15. The Morgan fingerprint density at radius 2 is 1.57 bits per heavy atom. The second kappa shape index (κ2) is 31.3. The van der Waals surface area contributed by atoms with Crippen molar-refractivity contribution >= 4 is 53.0 Å². The number of carboxylic acids is 2. The summed E-state index contributed by atoms with van der Waals surface area (Å²) in [7, 11) is 2.08. The molecule has 18 nitrogen and oxygen atoms in total. The van der Waals surface area contributed by atoms with Gasteiger partial charge in [-0.3, -0.25) is 33.9 Å². The van der Waals surface area contributed by atoms with Crippen LogP contribution in [0.15, 0.2) is 40.6 Å². The number of carbonyl (C=O) groups is 5. The van der Waals surface area contributed by atoms with Crippen molar-refractivity contribution in [3.8, 4) is 10.6 Å². The molecule has 1 aliphatic carbocycles. The largest absolute Gasteiger partial charge is 0.481 e. The number of rotatable bonds is 15. The summed E-state index contributed by atoms with van der Waals surface area (Å²) in [6.07, 6.45) is 8.44. The molecule has 1 saturated heterocycles. The number of carboxylic acid groups (broad SMARTS) is 2. The molecule has 0 atom stereocenters. The van der Waals surface area contributed by atoms with E-state index in [1.54, 1.807) is 6.92 Å². The summed E-state index contributed by atoms with van der Waals surface area (Å²) in [5.74, 6) is -5.44. The number of halogens is 2. The maximum atomic E-state index is 14.5. The van der Waals surface area contributed by atoms with Crippen LogP contribution in [-0.4, -0.2) is 140 Å². The molecule has 6 N–H and O–H groups in total. The molecule has 3 aromatic rings. The van der Waals surface area contributed by atoms with Crippen LogP contribution >= 0.6 is 11.3 Å². The molecule has 21 heteroatoms. The minimum atomic E-state index is -1.08. The summed E-state index contributed by atoms with van der Waals surface area (Å²) in [5.41, 5.74) is 5.94. The first kappa shape index (κ1) is 55.5. The van der Waals surface area contributed by atoms with E-state index in [2.05, 4.69) is 42.2 Å². The van der Waals surface area contributed by atoms with Gasteiger partial charge in [-0.1, -0.05) is 47.0 Å². The number of thiazole rings is 1. The van der Waals surface area contributed by atoms with Gasteiger partial charge in [-0.05, 0) is 38.9 Å². The van der Waals surface area contributed by atoms with Crippen LogP contribution in [0.3, 0.4) is 0 Å². The normalized spacial score (nSPS) is 14.5. The van der Waals surface area contributed by atoms with Crippen LogP contribution < -0.4 is 11.1 Å². The number of aliphatic hydroxyl groups excluding tert-OH is 1. The molecule has 3 aromatic heterocycles. The number of aromatic nitrogens is 4. The maximum absolute atomic E-state index is 14.5. The second-order valence-electron chi connectivity index (χ2n) is 13.4. The number of pyridine rings is 1. The zero-order valence-electron chi connectivity index (χ0n) is 37.0. The lowest BCUT2D eigenvalue weighted by Crippen LogP contribution is -2.45. The van der Waals surface area contributed by atoms with Crippen LogP contribution in [0, 0.1) is 11.8 Å². The molecule has 4 heterocycles. The third-order valence-electron chi connectivity index (χ3n) is 8.78. The molecule has 1 aliphatic heterocycles. The maximum Gasteiger partial charge on any atom is 0.306 e. The quantitative estimate of drug-likeness (QED) is 0.0733. The van der Waals surface area contributed by atoms with Gasteiger partial charge in [0.2, 0.25) is 11.9 Å². The number of nitrogens with zero attached hydrogens (tertiary/aromatic N) is 7. The van der Waals surface area contributed by atoms with E-state index in [9.17, 15) is 32.8 Å². The molecule has 0 radical (unpaired) electrons. The number of nitrogens with two attached hydrogens (primary N) is 1. The lowest BCUT2D eigenvalue weighted by atomic mass is 9.96. The van der Waals surface area contributed by atoms with Gasteiger partial charge in [0.05, 0.1) is 42.9 Å². The minimum Gasteiger partial charge on any atom is -0.481 e. The molecule has 0 bridgehead atoms. The summed E-state index contributed by atoms with van der Waals surface area (Å²) in [6.45, 7) is 14.7. The number of carbonyl (C=O) groups excluding carboxylic acids is 3. The van der Waals surface area contributed by atoms with Crippen molar-refractivity contribution in [2.24, 2.45) is 10.7 Å². The monoisotopic (exact) mass is 907 g/mol. The van der Waals surface area contributed by atoms with Gasteiger partial charge >= 0.3 is 17.9 Å². The molecule has 1 saturated carbocycles. The molecule has 0 aromatic carbocycles. The summed E-state index contributed by atoms with van der Waals surface area (Å²) in [5, 5.41) is 32.0. The minimum absolute atomic E-state index is 0.0201. The number of likely N-dealkylation sites (N-methyl/N-ethyl adjacent to an activating group) is 1. The van der Waals surface area contributed by atoms with Crippen LogP contribution in [0.25, 0.3) is 16.3 Å². The SMILES string of the molecule is CC.CC.CCO.CN1CCN(CCOC(=O)CCC(=O)n2cc(-c3nc(C(=O)N/C(C=NC4CCCCC4)=C(/N)c4nc(F)ccc4F)cs3)cn2)CC1.O=C(O)CCC(=O)O. The molecule has 2 fully saturated rings. The van der Waals surface area contributed by atoms with Gasteiger partial charge in [0.15, 0.2) is 5.82 Å². The predicted octanol–water partition coefficient (Wildman–Crippen LogP) is 5.34. The highest BCUT2D eigenvalue weighted by Gasteiger charge is 2.20. The Morgan fingerprint density at radius 1 is 0.952 bits per heavy atom. The Balaban J connectivity index is 0.00000115. The smallest absolute Gasteiger partial charge is 0.306 e. The van der Waals surface area contributed by atoms with E-state index in [1.807, 2.05) is 27.7 Å². The number of amides is 1. The van der Waals surface area contributed by atoms with Crippen molar-refractivity contribution in [2.45, 2.75) is 98.4 Å². The van der Waals surface area contributed by atoms with Crippen LogP contribution in [0.5, 0.6) is 0 Å². The second-order valence-corrected chi connectivity index (χ2v) is 14.2. The lowest BCUT2D eigenvalue weighted by Gasteiger charge is -2.32. The Labute approximate surface area is 371 Å². The first-order valence-corrected chi connectivity index (χ1v) is 21.9. The number of allylic oxidation sites excluding steroid dienone is 1. The van der Waals surface area contributed by atoms with Gasteiger partial charge in [0.1, 0.15) is 23.0 Å². The Morgan fingerprint density at radius 3 is 2.17 bits per heavy atom. The molecule has 0 spiro atoms. The number of aliphatic imine (C=N–C) groups is 1. The number of nitrogens with one attached hydrogen (secondary N) is 1. The first-order chi connectivity index (χ1) is 30.2. The fraction of sp³-hybridized carbons (Fsp3) is 0.548. The number of aliphatic hydroxyl groups is 1. The Hall–Kier alpha value is -5.51. The molecule has 0 unspecified atom stereocenters. The number of hydrogen-bond donors (Lipinski definition) is 5. The molecular formula is C42H63F2N9O9S. The fourth-order valence-electron chi connectivity index (χ4n) is 5.55. The third-order valence-corrected chi connectivity index (χ3v) is 9.67. The van der Waals surface area contributed by atoms with Gasteiger partial charge in [0, 0.05) is 69.1 Å².